The fourth-order valence-electron chi connectivity index (χ4n) is 2.53. The van der Waals surface area contributed by atoms with Gasteiger partial charge in [0.1, 0.15) is 0 Å². The van der Waals surface area contributed by atoms with Crippen LogP contribution in [0.5, 0.6) is 0 Å². The SMILES string of the molecule is CCS(=O)(=O)Nc1ccc(N(C(C)=O)C2CCOCC2)cc1. The Labute approximate surface area is 131 Å². The topological polar surface area (TPSA) is 75.7 Å². The van der Waals surface area contributed by atoms with Crippen molar-refractivity contribution in [1.82, 2.24) is 0 Å². The fraction of sp³-hybridized carbons (Fsp3) is 0.533. The monoisotopic (exact) mass is 326 g/mol. The molecule has 1 aliphatic heterocycles. The summed E-state index contributed by atoms with van der Waals surface area (Å²) in [4.78, 5) is 13.7. The zero-order valence-electron chi connectivity index (χ0n) is 12.9. The minimum absolute atomic E-state index is 0.0196. The third-order valence-corrected chi connectivity index (χ3v) is 5.00. The molecule has 0 atom stereocenters. The van der Waals surface area contributed by atoms with Gasteiger partial charge in [0, 0.05) is 37.6 Å². The summed E-state index contributed by atoms with van der Waals surface area (Å²) in [7, 11) is -3.29. The van der Waals surface area contributed by atoms with Gasteiger partial charge in [0.2, 0.25) is 15.9 Å². The predicted octanol–water partition coefficient (Wildman–Crippen LogP) is 1.98. The maximum Gasteiger partial charge on any atom is 0.232 e. The lowest BCUT2D eigenvalue weighted by Crippen LogP contribution is -2.42. The number of sulfonamides is 1. The average Bonchev–Trinajstić information content (AvgIpc) is 2.50. The number of nitrogens with zero attached hydrogens (tertiary/aromatic N) is 1. The number of carbonyl (C=O) groups excluding carboxylic acids is 1. The van der Waals surface area contributed by atoms with Crippen molar-refractivity contribution in [2.24, 2.45) is 0 Å². The minimum atomic E-state index is -3.29. The van der Waals surface area contributed by atoms with Gasteiger partial charge in [-0.25, -0.2) is 8.42 Å². The third-order valence-electron chi connectivity index (χ3n) is 3.69. The van der Waals surface area contributed by atoms with Crippen LogP contribution in [0, 0.1) is 0 Å². The molecule has 0 saturated carbocycles. The maximum atomic E-state index is 12.0. The van der Waals surface area contributed by atoms with Crippen LogP contribution in [-0.2, 0) is 19.6 Å². The van der Waals surface area contributed by atoms with Crippen molar-refractivity contribution in [3.05, 3.63) is 24.3 Å². The Morgan fingerprint density at radius 2 is 1.86 bits per heavy atom. The summed E-state index contributed by atoms with van der Waals surface area (Å²) in [5.41, 5.74) is 1.28. The van der Waals surface area contributed by atoms with Crippen molar-refractivity contribution in [2.45, 2.75) is 32.7 Å². The van der Waals surface area contributed by atoms with Crippen LogP contribution in [0.3, 0.4) is 0 Å². The quantitative estimate of drug-likeness (QED) is 0.898. The predicted molar refractivity (Wildman–Crippen MR) is 86.5 cm³/mol. The van der Waals surface area contributed by atoms with Gasteiger partial charge in [-0.05, 0) is 44.0 Å². The van der Waals surface area contributed by atoms with E-state index in [2.05, 4.69) is 4.72 Å². The van der Waals surface area contributed by atoms with Gasteiger partial charge in [-0.3, -0.25) is 9.52 Å². The molecule has 0 radical (unpaired) electrons. The Hall–Kier alpha value is -1.60. The van der Waals surface area contributed by atoms with Gasteiger partial charge in [-0.15, -0.1) is 0 Å². The summed E-state index contributed by atoms with van der Waals surface area (Å²) in [5.74, 6) is 0.00456. The summed E-state index contributed by atoms with van der Waals surface area (Å²) in [6.07, 6.45) is 1.62. The lowest BCUT2D eigenvalue weighted by atomic mass is 10.1. The summed E-state index contributed by atoms with van der Waals surface area (Å²) in [6.45, 7) is 4.44. The van der Waals surface area contributed by atoms with Crippen LogP contribution >= 0.6 is 0 Å². The Morgan fingerprint density at radius 1 is 1.27 bits per heavy atom. The summed E-state index contributed by atoms with van der Waals surface area (Å²) < 4.78 is 30.9. The molecule has 0 aromatic heterocycles. The molecule has 1 aliphatic rings. The summed E-state index contributed by atoms with van der Waals surface area (Å²) >= 11 is 0. The molecular weight excluding hydrogens is 304 g/mol. The third kappa shape index (κ3) is 4.20. The molecule has 1 amide bonds. The molecule has 122 valence electrons. The van der Waals surface area contributed by atoms with Crippen LogP contribution in [0.1, 0.15) is 26.7 Å². The molecule has 1 aromatic carbocycles. The molecule has 0 bridgehead atoms. The molecule has 0 aliphatic carbocycles. The van der Waals surface area contributed by atoms with E-state index < -0.39 is 10.0 Å². The van der Waals surface area contributed by atoms with E-state index in [1.165, 1.54) is 0 Å². The number of hydrogen-bond donors (Lipinski definition) is 1. The van der Waals surface area contributed by atoms with Crippen molar-refractivity contribution in [1.29, 1.82) is 0 Å². The van der Waals surface area contributed by atoms with E-state index in [1.54, 1.807) is 43.0 Å². The Bertz CT molecular complexity index is 607. The molecule has 0 spiro atoms. The van der Waals surface area contributed by atoms with Crippen LogP contribution in [0.15, 0.2) is 24.3 Å². The van der Waals surface area contributed by atoms with Crippen LogP contribution in [0.2, 0.25) is 0 Å². The molecule has 6 nitrogen and oxygen atoms in total. The highest BCUT2D eigenvalue weighted by molar-refractivity contribution is 7.92. The second-order valence-corrected chi connectivity index (χ2v) is 7.30. The highest BCUT2D eigenvalue weighted by Gasteiger charge is 2.24. The number of carbonyl (C=O) groups is 1. The zero-order valence-corrected chi connectivity index (χ0v) is 13.7. The molecule has 0 unspecified atom stereocenters. The molecule has 1 saturated heterocycles. The number of anilines is 2. The first kappa shape index (κ1) is 16.8. The molecule has 2 rings (SSSR count). The van der Waals surface area contributed by atoms with Crippen molar-refractivity contribution >= 4 is 27.3 Å². The molecule has 1 fully saturated rings. The Kier molecular flexibility index (Phi) is 5.42. The van der Waals surface area contributed by atoms with Crippen LogP contribution in [0.25, 0.3) is 0 Å². The minimum Gasteiger partial charge on any atom is -0.381 e. The molecular formula is C15H22N2O4S. The lowest BCUT2D eigenvalue weighted by Gasteiger charge is -2.33. The van der Waals surface area contributed by atoms with E-state index >= 15 is 0 Å². The van der Waals surface area contributed by atoms with Gasteiger partial charge in [0.05, 0.1) is 5.75 Å². The normalized spacial score (nSPS) is 16.3. The standard InChI is InChI=1S/C15H22N2O4S/c1-3-22(19,20)16-13-4-6-14(7-5-13)17(12(2)18)15-8-10-21-11-9-15/h4-7,15-16H,3,8-11H2,1-2H3. The number of rotatable bonds is 5. The number of benzene rings is 1. The van der Waals surface area contributed by atoms with Crippen molar-refractivity contribution in [3.63, 3.8) is 0 Å². The maximum absolute atomic E-state index is 12.0. The zero-order chi connectivity index (χ0) is 16.2. The first-order chi connectivity index (χ1) is 10.4. The number of nitrogens with one attached hydrogen (secondary N) is 1. The van der Waals surface area contributed by atoms with Crippen molar-refractivity contribution in [3.8, 4) is 0 Å². The smallest absolute Gasteiger partial charge is 0.232 e. The Morgan fingerprint density at radius 3 is 2.36 bits per heavy atom. The van der Waals surface area contributed by atoms with Crippen LogP contribution in [-0.4, -0.2) is 39.3 Å². The molecule has 7 heteroatoms. The van der Waals surface area contributed by atoms with Gasteiger partial charge in [-0.2, -0.15) is 0 Å². The van der Waals surface area contributed by atoms with E-state index in [9.17, 15) is 13.2 Å². The molecule has 1 heterocycles. The van der Waals surface area contributed by atoms with Gasteiger partial charge < -0.3 is 9.64 Å². The Balaban J connectivity index is 2.17. The second-order valence-electron chi connectivity index (χ2n) is 5.28. The van der Waals surface area contributed by atoms with Gasteiger partial charge in [-0.1, -0.05) is 0 Å². The van der Waals surface area contributed by atoms with E-state index in [1.807, 2.05) is 0 Å². The largest absolute Gasteiger partial charge is 0.381 e. The van der Waals surface area contributed by atoms with Crippen molar-refractivity contribution < 1.29 is 17.9 Å². The number of ether oxygens (including phenoxy) is 1. The lowest BCUT2D eigenvalue weighted by molar-refractivity contribution is -0.117. The number of hydrogen-bond acceptors (Lipinski definition) is 4. The average molecular weight is 326 g/mol. The van der Waals surface area contributed by atoms with E-state index in [0.29, 0.717) is 18.9 Å². The molecule has 22 heavy (non-hydrogen) atoms. The van der Waals surface area contributed by atoms with Gasteiger partial charge >= 0.3 is 0 Å². The van der Waals surface area contributed by atoms with E-state index in [4.69, 9.17) is 4.74 Å². The molecule has 1 N–H and O–H groups in total. The summed E-state index contributed by atoms with van der Waals surface area (Å²) in [5, 5.41) is 0. The van der Waals surface area contributed by atoms with E-state index in [-0.39, 0.29) is 17.7 Å². The number of amides is 1. The van der Waals surface area contributed by atoms with Crippen LogP contribution < -0.4 is 9.62 Å². The molecule has 1 aromatic rings. The first-order valence-corrected chi connectivity index (χ1v) is 9.06. The van der Waals surface area contributed by atoms with Gasteiger partial charge in [0.15, 0.2) is 0 Å². The second kappa shape index (κ2) is 7.11. The first-order valence-electron chi connectivity index (χ1n) is 7.41. The highest BCUT2D eigenvalue weighted by atomic mass is 32.2. The van der Waals surface area contributed by atoms with Crippen molar-refractivity contribution in [2.75, 3.05) is 28.6 Å². The summed E-state index contributed by atoms with van der Waals surface area (Å²) in [6, 6.07) is 7.02. The fourth-order valence-corrected chi connectivity index (χ4v) is 3.17. The highest BCUT2D eigenvalue weighted by Crippen LogP contribution is 2.25. The van der Waals surface area contributed by atoms with E-state index in [0.717, 1.165) is 18.5 Å². The van der Waals surface area contributed by atoms with Crippen LogP contribution in [0.4, 0.5) is 11.4 Å². The van der Waals surface area contributed by atoms with Gasteiger partial charge in [0.25, 0.3) is 0 Å².